The lowest BCUT2D eigenvalue weighted by atomic mass is 10.1. The Morgan fingerprint density at radius 1 is 1.24 bits per heavy atom. The fraction of sp³-hybridized carbons (Fsp3) is 0.440. The third-order valence-electron chi connectivity index (χ3n) is 5.92. The average Bonchev–Trinajstić information content (AvgIpc) is 3.13. The second-order valence-electron chi connectivity index (χ2n) is 9.52. The van der Waals surface area contributed by atoms with Gasteiger partial charge in [0.2, 0.25) is 5.95 Å². The smallest absolute Gasteiger partial charge is 0.410 e. The maximum Gasteiger partial charge on any atom is 0.410 e. The van der Waals surface area contributed by atoms with Gasteiger partial charge in [-0.2, -0.15) is 0 Å². The number of piperidine rings is 1. The predicted molar refractivity (Wildman–Crippen MR) is 129 cm³/mol. The minimum atomic E-state index is -0.549. The first-order valence-corrected chi connectivity index (χ1v) is 11.6. The number of fused-ring (bicyclic) bond motifs is 1. The van der Waals surface area contributed by atoms with Crippen molar-refractivity contribution in [2.75, 3.05) is 25.0 Å². The first-order valence-electron chi connectivity index (χ1n) is 11.2. The summed E-state index contributed by atoms with van der Waals surface area (Å²) in [7, 11) is 1.78. The highest BCUT2D eigenvalue weighted by Gasteiger charge is 2.31. The molecule has 6 nitrogen and oxygen atoms in total. The van der Waals surface area contributed by atoms with Crippen LogP contribution >= 0.6 is 11.6 Å². The van der Waals surface area contributed by atoms with E-state index in [0.29, 0.717) is 17.1 Å². The van der Waals surface area contributed by atoms with Crippen molar-refractivity contribution in [3.8, 4) is 0 Å². The zero-order chi connectivity index (χ0) is 23.8. The summed E-state index contributed by atoms with van der Waals surface area (Å²) in [4.78, 5) is 21.4. The van der Waals surface area contributed by atoms with Crippen molar-refractivity contribution in [1.82, 2.24) is 14.5 Å². The van der Waals surface area contributed by atoms with Gasteiger partial charge in [0.1, 0.15) is 11.4 Å². The number of aromatic nitrogens is 2. The van der Waals surface area contributed by atoms with E-state index < -0.39 is 5.60 Å². The number of benzene rings is 2. The van der Waals surface area contributed by atoms with Gasteiger partial charge in [-0.1, -0.05) is 29.8 Å². The predicted octanol–water partition coefficient (Wildman–Crippen LogP) is 5.71. The number of rotatable bonds is 4. The summed E-state index contributed by atoms with van der Waals surface area (Å²) < 4.78 is 22.2. The van der Waals surface area contributed by atoms with E-state index in [-0.39, 0.29) is 24.5 Å². The first-order chi connectivity index (χ1) is 15.6. The van der Waals surface area contributed by atoms with E-state index in [4.69, 9.17) is 21.3 Å². The van der Waals surface area contributed by atoms with Crippen molar-refractivity contribution in [2.45, 2.75) is 51.8 Å². The standard InChI is InChI=1S/C25H30ClFN4O2/c1-25(2,3)33-24(32)29(4)17-9-8-14-30(15-17)23-28-21-12-5-6-13-22(21)31(23)16-18-19(26)10-7-11-20(18)27/h5-7,10-13,17H,8-9,14-16H2,1-4H3/t17-/m1/s1. The van der Waals surface area contributed by atoms with Crippen LogP contribution in [0.25, 0.3) is 11.0 Å². The van der Waals surface area contributed by atoms with E-state index in [1.54, 1.807) is 24.1 Å². The van der Waals surface area contributed by atoms with Crippen molar-refractivity contribution in [3.05, 3.63) is 58.9 Å². The Hall–Kier alpha value is -2.80. The monoisotopic (exact) mass is 472 g/mol. The molecule has 2 heterocycles. The van der Waals surface area contributed by atoms with Gasteiger partial charge in [0.15, 0.2) is 0 Å². The van der Waals surface area contributed by atoms with Crippen molar-refractivity contribution in [1.29, 1.82) is 0 Å². The van der Waals surface area contributed by atoms with Crippen LogP contribution in [0.3, 0.4) is 0 Å². The number of carbonyl (C=O) groups is 1. The molecule has 0 N–H and O–H groups in total. The van der Waals surface area contributed by atoms with E-state index in [2.05, 4.69) is 4.90 Å². The number of amides is 1. The van der Waals surface area contributed by atoms with Crippen LogP contribution in [-0.4, -0.2) is 52.3 Å². The molecule has 0 spiro atoms. The summed E-state index contributed by atoms with van der Waals surface area (Å²) in [5, 5.41) is 0.389. The fourth-order valence-corrected chi connectivity index (χ4v) is 4.46. The molecule has 33 heavy (non-hydrogen) atoms. The molecule has 1 amide bonds. The van der Waals surface area contributed by atoms with Crippen LogP contribution in [0.15, 0.2) is 42.5 Å². The largest absolute Gasteiger partial charge is 0.444 e. The summed E-state index contributed by atoms with van der Waals surface area (Å²) in [6.07, 6.45) is 1.45. The molecule has 0 aliphatic carbocycles. The summed E-state index contributed by atoms with van der Waals surface area (Å²) in [5.74, 6) is 0.408. The van der Waals surface area contributed by atoms with E-state index in [0.717, 1.165) is 36.4 Å². The van der Waals surface area contributed by atoms with Crippen LogP contribution in [0.1, 0.15) is 39.2 Å². The highest BCUT2D eigenvalue weighted by molar-refractivity contribution is 6.31. The minimum Gasteiger partial charge on any atom is -0.444 e. The molecular weight excluding hydrogens is 443 g/mol. The number of ether oxygens (including phenoxy) is 1. The molecule has 0 radical (unpaired) electrons. The number of para-hydroxylation sites is 2. The van der Waals surface area contributed by atoms with Crippen LogP contribution in [-0.2, 0) is 11.3 Å². The Kier molecular flexibility index (Phi) is 6.52. The van der Waals surface area contributed by atoms with Crippen molar-refractivity contribution in [2.24, 2.45) is 0 Å². The Morgan fingerprint density at radius 3 is 2.73 bits per heavy atom. The van der Waals surface area contributed by atoms with Crippen LogP contribution in [0.2, 0.25) is 5.02 Å². The molecule has 0 bridgehead atoms. The van der Waals surface area contributed by atoms with E-state index in [1.165, 1.54) is 6.07 Å². The Labute approximate surface area is 198 Å². The molecule has 0 saturated carbocycles. The Bertz CT molecular complexity index is 1140. The van der Waals surface area contributed by atoms with Crippen LogP contribution in [0.5, 0.6) is 0 Å². The number of halogens is 2. The van der Waals surface area contributed by atoms with Gasteiger partial charge >= 0.3 is 6.09 Å². The summed E-state index contributed by atoms with van der Waals surface area (Å²) >= 11 is 6.34. The fourth-order valence-electron chi connectivity index (χ4n) is 4.24. The zero-order valence-electron chi connectivity index (χ0n) is 19.5. The number of imidazole rings is 1. The van der Waals surface area contributed by atoms with Gasteiger partial charge in [-0.25, -0.2) is 14.2 Å². The molecule has 0 unspecified atom stereocenters. The van der Waals surface area contributed by atoms with Crippen molar-refractivity contribution in [3.63, 3.8) is 0 Å². The van der Waals surface area contributed by atoms with Gasteiger partial charge in [0.05, 0.1) is 23.6 Å². The second kappa shape index (κ2) is 9.21. The lowest BCUT2D eigenvalue weighted by Gasteiger charge is -2.38. The van der Waals surface area contributed by atoms with Crippen LogP contribution in [0.4, 0.5) is 15.1 Å². The average molecular weight is 473 g/mol. The van der Waals surface area contributed by atoms with E-state index >= 15 is 0 Å². The number of hydrogen-bond acceptors (Lipinski definition) is 4. The van der Waals surface area contributed by atoms with Crippen LogP contribution in [0, 0.1) is 5.82 Å². The molecule has 2 aromatic carbocycles. The molecule has 8 heteroatoms. The number of anilines is 1. The number of likely N-dealkylation sites (N-methyl/N-ethyl adjacent to an activating group) is 1. The zero-order valence-corrected chi connectivity index (χ0v) is 20.3. The second-order valence-corrected chi connectivity index (χ2v) is 9.93. The highest BCUT2D eigenvalue weighted by atomic mass is 35.5. The quantitative estimate of drug-likeness (QED) is 0.487. The topological polar surface area (TPSA) is 50.6 Å². The molecule has 1 aliphatic rings. The number of carbonyl (C=O) groups excluding carboxylic acids is 1. The maximum absolute atomic E-state index is 14.6. The van der Waals surface area contributed by atoms with Gasteiger partial charge in [0, 0.05) is 30.7 Å². The van der Waals surface area contributed by atoms with E-state index in [9.17, 15) is 9.18 Å². The summed E-state index contributed by atoms with van der Waals surface area (Å²) in [6.45, 7) is 7.27. The van der Waals surface area contributed by atoms with Crippen molar-refractivity contribution >= 4 is 34.7 Å². The summed E-state index contributed by atoms with van der Waals surface area (Å²) in [5.41, 5.74) is 1.63. The normalized spacial score (nSPS) is 16.8. The Morgan fingerprint density at radius 2 is 2.00 bits per heavy atom. The molecule has 176 valence electrons. The Balaban J connectivity index is 1.65. The van der Waals surface area contributed by atoms with Crippen LogP contribution < -0.4 is 4.90 Å². The lowest BCUT2D eigenvalue weighted by molar-refractivity contribution is 0.0209. The molecule has 4 rings (SSSR count). The SMILES string of the molecule is CN(C(=O)OC(C)(C)C)[C@@H]1CCCN(c2nc3ccccc3n2Cc2c(F)cccc2Cl)C1. The maximum atomic E-state index is 14.6. The van der Waals surface area contributed by atoms with Gasteiger partial charge in [-0.05, 0) is 57.9 Å². The third kappa shape index (κ3) is 5.08. The molecule has 3 aromatic rings. The minimum absolute atomic E-state index is 0.0149. The highest BCUT2D eigenvalue weighted by Crippen LogP contribution is 2.30. The molecule has 1 atom stereocenters. The third-order valence-corrected chi connectivity index (χ3v) is 6.27. The number of hydrogen-bond donors (Lipinski definition) is 0. The van der Waals surface area contributed by atoms with Crippen molar-refractivity contribution < 1.29 is 13.9 Å². The van der Waals surface area contributed by atoms with E-state index in [1.807, 2.05) is 49.6 Å². The summed E-state index contributed by atoms with van der Waals surface area (Å²) in [6, 6.07) is 12.5. The molecule has 1 saturated heterocycles. The van der Waals surface area contributed by atoms with Gasteiger partial charge in [-0.3, -0.25) is 0 Å². The number of nitrogens with zero attached hydrogens (tertiary/aromatic N) is 4. The van der Waals surface area contributed by atoms with Gasteiger partial charge in [0.25, 0.3) is 0 Å². The van der Waals surface area contributed by atoms with Gasteiger partial charge in [-0.15, -0.1) is 0 Å². The van der Waals surface area contributed by atoms with Gasteiger partial charge < -0.3 is 19.1 Å². The molecular formula is C25H30ClFN4O2. The lowest BCUT2D eigenvalue weighted by Crippen LogP contribution is -2.50. The molecule has 1 fully saturated rings. The molecule has 1 aromatic heterocycles. The first kappa shape index (κ1) is 23.4. The molecule has 1 aliphatic heterocycles.